The van der Waals surface area contributed by atoms with Crippen LogP contribution in [0, 0.1) is 17.2 Å². The molecule has 3 heterocycles. The van der Waals surface area contributed by atoms with E-state index in [4.69, 9.17) is 4.74 Å². The van der Waals surface area contributed by atoms with Gasteiger partial charge in [0.15, 0.2) is 0 Å². The summed E-state index contributed by atoms with van der Waals surface area (Å²) in [6.07, 6.45) is 1.59. The molecular formula is C19H26FN3O2. The highest BCUT2D eigenvalue weighted by molar-refractivity contribution is 5.84. The van der Waals surface area contributed by atoms with E-state index >= 15 is 0 Å². The lowest BCUT2D eigenvalue weighted by atomic mass is 9.73. The summed E-state index contributed by atoms with van der Waals surface area (Å²) in [5.41, 5.74) is 0.369. The molecule has 3 saturated heterocycles. The normalized spacial score (nSPS) is 30.8. The fourth-order valence-corrected chi connectivity index (χ4v) is 4.67. The van der Waals surface area contributed by atoms with Crippen molar-refractivity contribution in [1.82, 2.24) is 16.0 Å². The van der Waals surface area contributed by atoms with Crippen LogP contribution in [0.1, 0.15) is 18.4 Å². The van der Waals surface area contributed by atoms with E-state index < -0.39 is 0 Å². The van der Waals surface area contributed by atoms with Crippen LogP contribution in [0.5, 0.6) is 0 Å². The van der Waals surface area contributed by atoms with Crippen molar-refractivity contribution in [3.05, 3.63) is 35.6 Å². The summed E-state index contributed by atoms with van der Waals surface area (Å²) in [6, 6.07) is 6.79. The van der Waals surface area contributed by atoms with Gasteiger partial charge in [-0.2, -0.15) is 0 Å². The van der Waals surface area contributed by atoms with Crippen molar-refractivity contribution < 1.29 is 13.9 Å². The monoisotopic (exact) mass is 347 g/mol. The van der Waals surface area contributed by atoms with E-state index in [0.29, 0.717) is 25.7 Å². The molecule has 4 rings (SSSR count). The predicted molar refractivity (Wildman–Crippen MR) is 92.8 cm³/mol. The average molecular weight is 347 g/mol. The number of amides is 1. The van der Waals surface area contributed by atoms with Gasteiger partial charge in [0.1, 0.15) is 5.82 Å². The van der Waals surface area contributed by atoms with Crippen molar-refractivity contribution in [1.29, 1.82) is 0 Å². The smallest absolute Gasteiger partial charge is 0.229 e. The molecule has 136 valence electrons. The maximum Gasteiger partial charge on any atom is 0.229 e. The molecule has 1 amide bonds. The molecule has 6 heteroatoms. The zero-order chi connectivity index (χ0) is 17.3. The van der Waals surface area contributed by atoms with Gasteiger partial charge in [-0.3, -0.25) is 4.79 Å². The molecule has 0 saturated carbocycles. The Hall–Kier alpha value is -1.50. The lowest BCUT2D eigenvalue weighted by molar-refractivity contribution is -0.131. The van der Waals surface area contributed by atoms with Crippen molar-refractivity contribution in [2.75, 3.05) is 45.9 Å². The van der Waals surface area contributed by atoms with E-state index in [-0.39, 0.29) is 22.6 Å². The molecular weight excluding hydrogens is 321 g/mol. The highest BCUT2D eigenvalue weighted by atomic mass is 19.1. The molecule has 3 fully saturated rings. The van der Waals surface area contributed by atoms with Crippen LogP contribution in [0.2, 0.25) is 0 Å². The van der Waals surface area contributed by atoms with Gasteiger partial charge in [-0.25, -0.2) is 4.39 Å². The quantitative estimate of drug-likeness (QED) is 0.754. The van der Waals surface area contributed by atoms with Gasteiger partial charge in [-0.05, 0) is 30.5 Å². The van der Waals surface area contributed by atoms with Crippen LogP contribution in [0.15, 0.2) is 24.3 Å². The van der Waals surface area contributed by atoms with Gasteiger partial charge >= 0.3 is 0 Å². The van der Waals surface area contributed by atoms with Crippen molar-refractivity contribution in [3.63, 3.8) is 0 Å². The molecule has 0 unspecified atom stereocenters. The van der Waals surface area contributed by atoms with E-state index in [2.05, 4.69) is 16.0 Å². The summed E-state index contributed by atoms with van der Waals surface area (Å²) in [5, 5.41) is 9.94. The highest BCUT2D eigenvalue weighted by Crippen LogP contribution is 2.37. The van der Waals surface area contributed by atoms with Gasteiger partial charge in [0.2, 0.25) is 5.91 Å². The number of fused-ring (bicyclic) bond motifs is 1. The van der Waals surface area contributed by atoms with E-state index in [1.807, 2.05) is 6.07 Å². The second-order valence-electron chi connectivity index (χ2n) is 7.70. The molecule has 0 bridgehead atoms. The Kier molecular flexibility index (Phi) is 4.52. The number of ether oxygens (including phenoxy) is 1. The van der Waals surface area contributed by atoms with Gasteiger partial charge in [-0.15, -0.1) is 0 Å². The maximum atomic E-state index is 13.8. The van der Waals surface area contributed by atoms with Gasteiger partial charge in [0.25, 0.3) is 0 Å². The number of rotatable bonds is 4. The molecule has 0 aromatic heterocycles. The van der Waals surface area contributed by atoms with E-state index in [1.54, 1.807) is 12.1 Å². The van der Waals surface area contributed by atoms with Crippen LogP contribution < -0.4 is 16.0 Å². The number of nitrogens with one attached hydrogen (secondary N) is 3. The average Bonchev–Trinajstić information content (AvgIpc) is 3.21. The second-order valence-corrected chi connectivity index (χ2v) is 7.70. The summed E-state index contributed by atoms with van der Waals surface area (Å²) in [4.78, 5) is 13.0. The van der Waals surface area contributed by atoms with E-state index in [9.17, 15) is 9.18 Å². The Morgan fingerprint density at radius 2 is 1.96 bits per heavy atom. The summed E-state index contributed by atoms with van der Waals surface area (Å²) >= 11 is 0. The molecule has 0 aliphatic carbocycles. The molecule has 0 radical (unpaired) electrons. The third-order valence-electron chi connectivity index (χ3n) is 6.37. The van der Waals surface area contributed by atoms with Crippen LogP contribution in [-0.4, -0.2) is 51.8 Å². The Balaban J connectivity index is 1.53. The van der Waals surface area contributed by atoms with E-state index in [0.717, 1.165) is 44.6 Å². The molecule has 5 nitrogen and oxygen atoms in total. The fourth-order valence-electron chi connectivity index (χ4n) is 4.67. The Labute approximate surface area is 147 Å². The Morgan fingerprint density at radius 1 is 1.24 bits per heavy atom. The third-order valence-corrected chi connectivity index (χ3v) is 6.37. The number of carbonyl (C=O) groups is 1. The minimum absolute atomic E-state index is 0.120. The largest absolute Gasteiger partial charge is 0.381 e. The van der Waals surface area contributed by atoms with Gasteiger partial charge < -0.3 is 20.7 Å². The van der Waals surface area contributed by atoms with E-state index in [1.165, 1.54) is 6.07 Å². The van der Waals surface area contributed by atoms with Crippen LogP contribution >= 0.6 is 0 Å². The SMILES string of the molecule is O=C(NCC1(c2cccc(F)c2)CCOCC1)C12CNCC1CNC2. The van der Waals surface area contributed by atoms with Crippen molar-refractivity contribution in [3.8, 4) is 0 Å². The lowest BCUT2D eigenvalue weighted by Crippen LogP contribution is -2.52. The molecule has 25 heavy (non-hydrogen) atoms. The zero-order valence-electron chi connectivity index (χ0n) is 14.4. The third kappa shape index (κ3) is 2.96. The standard InChI is InChI=1S/C19H26FN3O2/c20-16-3-1-2-14(8-16)18(4-6-25-7-5-18)11-23-17(24)19-12-21-9-15(19)10-22-13-19/h1-3,8,15,21-22H,4-7,9-13H2,(H,23,24). The fraction of sp³-hybridized carbons (Fsp3) is 0.632. The van der Waals surface area contributed by atoms with Crippen molar-refractivity contribution in [2.45, 2.75) is 18.3 Å². The van der Waals surface area contributed by atoms with Crippen LogP contribution in [-0.2, 0) is 14.9 Å². The number of hydrogen-bond acceptors (Lipinski definition) is 4. The molecule has 3 aliphatic rings. The van der Waals surface area contributed by atoms with Gasteiger partial charge in [0, 0.05) is 57.3 Å². The topological polar surface area (TPSA) is 62.4 Å². The van der Waals surface area contributed by atoms with Crippen molar-refractivity contribution >= 4 is 5.91 Å². The molecule has 3 N–H and O–H groups in total. The predicted octanol–water partition coefficient (Wildman–Crippen LogP) is 0.799. The first-order chi connectivity index (χ1) is 12.1. The summed E-state index contributed by atoms with van der Waals surface area (Å²) in [6.45, 7) is 5.06. The number of benzene rings is 1. The van der Waals surface area contributed by atoms with Crippen LogP contribution in [0.4, 0.5) is 4.39 Å². The first-order valence-electron chi connectivity index (χ1n) is 9.18. The van der Waals surface area contributed by atoms with Crippen molar-refractivity contribution in [2.24, 2.45) is 11.3 Å². The number of halogens is 1. The summed E-state index contributed by atoms with van der Waals surface area (Å²) in [5.74, 6) is 0.246. The Bertz CT molecular complexity index is 635. The molecule has 1 aromatic rings. The molecule has 1 aromatic carbocycles. The number of hydrogen-bond donors (Lipinski definition) is 3. The van der Waals surface area contributed by atoms with Gasteiger partial charge in [0.05, 0.1) is 5.41 Å². The lowest BCUT2D eigenvalue weighted by Gasteiger charge is -2.39. The van der Waals surface area contributed by atoms with Crippen LogP contribution in [0.3, 0.4) is 0 Å². The zero-order valence-corrected chi connectivity index (χ0v) is 14.4. The maximum absolute atomic E-state index is 13.8. The molecule has 0 spiro atoms. The molecule has 3 aliphatic heterocycles. The minimum atomic E-state index is -0.339. The van der Waals surface area contributed by atoms with Gasteiger partial charge in [-0.1, -0.05) is 12.1 Å². The highest BCUT2D eigenvalue weighted by Gasteiger charge is 2.52. The second kappa shape index (κ2) is 6.67. The summed E-state index contributed by atoms with van der Waals surface area (Å²) < 4.78 is 19.3. The Morgan fingerprint density at radius 3 is 2.64 bits per heavy atom. The first-order valence-corrected chi connectivity index (χ1v) is 9.18. The summed E-state index contributed by atoms with van der Waals surface area (Å²) in [7, 11) is 0. The minimum Gasteiger partial charge on any atom is -0.381 e. The first kappa shape index (κ1) is 16.9. The van der Waals surface area contributed by atoms with Crippen LogP contribution in [0.25, 0.3) is 0 Å². The molecule has 0 atom stereocenters. The number of carbonyl (C=O) groups excluding carboxylic acids is 1.